The fourth-order valence-electron chi connectivity index (χ4n) is 3.50. The molecule has 4 rings (SSSR count). The number of fused-ring (bicyclic) bond motifs is 1. The van der Waals surface area contributed by atoms with E-state index in [0.29, 0.717) is 24.5 Å². The molecule has 4 aromatic rings. The lowest BCUT2D eigenvalue weighted by Crippen LogP contribution is -2.22. The monoisotopic (exact) mass is 365 g/mol. The number of benzene rings is 2. The van der Waals surface area contributed by atoms with Crippen molar-refractivity contribution in [2.45, 2.75) is 26.9 Å². The van der Waals surface area contributed by atoms with E-state index < -0.39 is 0 Å². The van der Waals surface area contributed by atoms with Gasteiger partial charge in [-0.05, 0) is 50.2 Å². The number of halogens is 1. The van der Waals surface area contributed by atoms with Crippen LogP contribution in [0.2, 0.25) is 0 Å². The molecule has 0 aliphatic rings. The van der Waals surface area contributed by atoms with Crippen molar-refractivity contribution in [2.24, 2.45) is 0 Å². The lowest BCUT2D eigenvalue weighted by atomic mass is 10.0. The van der Waals surface area contributed by atoms with Crippen LogP contribution >= 0.6 is 0 Å². The first-order valence-corrected chi connectivity index (χ1v) is 8.88. The lowest BCUT2D eigenvalue weighted by Gasteiger charge is -2.05. The zero-order valence-electron chi connectivity index (χ0n) is 15.2. The van der Waals surface area contributed by atoms with Crippen LogP contribution in [-0.4, -0.2) is 19.1 Å². The van der Waals surface area contributed by atoms with Crippen molar-refractivity contribution in [3.05, 3.63) is 58.8 Å². The third-order valence-electron chi connectivity index (χ3n) is 4.78. The molecule has 0 atom stereocenters. The third-order valence-corrected chi connectivity index (χ3v) is 4.78. The second-order valence-electron chi connectivity index (χ2n) is 6.33. The molecular weight excluding hydrogens is 345 g/mol. The molecule has 6 nitrogen and oxygen atoms in total. The summed E-state index contributed by atoms with van der Waals surface area (Å²) in [6.07, 6.45) is 0. The van der Waals surface area contributed by atoms with E-state index in [9.17, 15) is 9.18 Å². The molecule has 7 heteroatoms. The maximum Gasteiger partial charge on any atom is 0.329 e. The van der Waals surface area contributed by atoms with Crippen molar-refractivity contribution in [1.82, 2.24) is 19.1 Å². The molecule has 0 bridgehead atoms. The highest BCUT2D eigenvalue weighted by Gasteiger charge is 2.17. The van der Waals surface area contributed by atoms with Crippen LogP contribution in [0.3, 0.4) is 0 Å². The number of anilines is 1. The molecular formula is C20H20FN5O. The SMILES string of the molecule is CCn1c(=O)n(CC)c2cc(-c3nc(N)[nH]c3-c3ccc(F)cc3)ccc21. The van der Waals surface area contributed by atoms with Gasteiger partial charge in [-0.15, -0.1) is 0 Å². The molecule has 2 aromatic carbocycles. The zero-order chi connectivity index (χ0) is 19.1. The summed E-state index contributed by atoms with van der Waals surface area (Å²) < 4.78 is 16.8. The molecule has 0 unspecified atom stereocenters. The van der Waals surface area contributed by atoms with Crippen LogP contribution in [0.1, 0.15) is 13.8 Å². The number of aromatic nitrogens is 4. The second kappa shape index (κ2) is 6.42. The number of nitrogens with one attached hydrogen (secondary N) is 1. The van der Waals surface area contributed by atoms with Crippen LogP contribution in [0.4, 0.5) is 10.3 Å². The first kappa shape index (κ1) is 17.1. The van der Waals surface area contributed by atoms with Gasteiger partial charge in [-0.3, -0.25) is 9.13 Å². The van der Waals surface area contributed by atoms with Crippen LogP contribution in [0.15, 0.2) is 47.3 Å². The van der Waals surface area contributed by atoms with Crippen molar-refractivity contribution in [3.63, 3.8) is 0 Å². The van der Waals surface area contributed by atoms with Gasteiger partial charge in [0, 0.05) is 24.2 Å². The number of aryl methyl sites for hydroxylation is 2. The minimum Gasteiger partial charge on any atom is -0.369 e. The lowest BCUT2D eigenvalue weighted by molar-refractivity contribution is 0.628. The van der Waals surface area contributed by atoms with Gasteiger partial charge in [-0.2, -0.15) is 0 Å². The molecule has 0 amide bonds. The second-order valence-corrected chi connectivity index (χ2v) is 6.33. The average molecular weight is 365 g/mol. The number of rotatable bonds is 4. The predicted molar refractivity (Wildman–Crippen MR) is 105 cm³/mol. The molecule has 3 N–H and O–H groups in total. The smallest absolute Gasteiger partial charge is 0.329 e. The molecule has 0 aliphatic heterocycles. The number of hydrogen-bond acceptors (Lipinski definition) is 3. The molecule has 0 fully saturated rings. The summed E-state index contributed by atoms with van der Waals surface area (Å²) >= 11 is 0. The summed E-state index contributed by atoms with van der Waals surface area (Å²) in [5.74, 6) is -0.0227. The Morgan fingerprint density at radius 3 is 2.30 bits per heavy atom. The minimum atomic E-state index is -0.304. The van der Waals surface area contributed by atoms with E-state index in [4.69, 9.17) is 5.73 Å². The quantitative estimate of drug-likeness (QED) is 0.579. The highest BCUT2D eigenvalue weighted by atomic mass is 19.1. The van der Waals surface area contributed by atoms with Gasteiger partial charge < -0.3 is 10.7 Å². The van der Waals surface area contributed by atoms with Gasteiger partial charge in [0.1, 0.15) is 5.82 Å². The molecule has 2 aromatic heterocycles. The number of aromatic amines is 1. The maximum atomic E-state index is 13.3. The van der Waals surface area contributed by atoms with Gasteiger partial charge in [0.15, 0.2) is 5.95 Å². The normalized spacial score (nSPS) is 11.4. The average Bonchev–Trinajstić information content (AvgIpc) is 3.18. The summed E-state index contributed by atoms with van der Waals surface area (Å²) in [6.45, 7) is 5.09. The van der Waals surface area contributed by atoms with Crippen LogP contribution in [0.5, 0.6) is 0 Å². The topological polar surface area (TPSA) is 81.6 Å². The largest absolute Gasteiger partial charge is 0.369 e. The fraction of sp³-hybridized carbons (Fsp3) is 0.200. The molecule has 0 saturated carbocycles. The van der Waals surface area contributed by atoms with Gasteiger partial charge in [0.2, 0.25) is 0 Å². The van der Waals surface area contributed by atoms with Gasteiger partial charge in [-0.25, -0.2) is 14.2 Å². The number of nitrogens with two attached hydrogens (primary N) is 1. The van der Waals surface area contributed by atoms with Crippen LogP contribution in [0, 0.1) is 5.82 Å². The Kier molecular flexibility index (Phi) is 4.07. The van der Waals surface area contributed by atoms with Crippen molar-refractivity contribution >= 4 is 17.0 Å². The Bertz CT molecular complexity index is 1180. The van der Waals surface area contributed by atoms with E-state index in [2.05, 4.69) is 9.97 Å². The summed E-state index contributed by atoms with van der Waals surface area (Å²) in [5, 5.41) is 0. The summed E-state index contributed by atoms with van der Waals surface area (Å²) in [7, 11) is 0. The van der Waals surface area contributed by atoms with E-state index in [0.717, 1.165) is 22.2 Å². The Balaban J connectivity index is 1.93. The van der Waals surface area contributed by atoms with Gasteiger partial charge in [0.05, 0.1) is 22.4 Å². The molecule has 0 radical (unpaired) electrons. The van der Waals surface area contributed by atoms with E-state index in [1.165, 1.54) is 12.1 Å². The Hall–Kier alpha value is -3.35. The van der Waals surface area contributed by atoms with E-state index in [1.807, 2.05) is 32.0 Å². The van der Waals surface area contributed by atoms with Gasteiger partial charge >= 0.3 is 5.69 Å². The maximum absolute atomic E-state index is 13.3. The number of nitrogens with zero attached hydrogens (tertiary/aromatic N) is 3. The number of imidazole rings is 2. The van der Waals surface area contributed by atoms with E-state index >= 15 is 0 Å². The van der Waals surface area contributed by atoms with E-state index in [1.54, 1.807) is 21.3 Å². The van der Waals surface area contributed by atoms with Crippen molar-refractivity contribution < 1.29 is 4.39 Å². The summed E-state index contributed by atoms with van der Waals surface area (Å²) in [6, 6.07) is 12.0. The van der Waals surface area contributed by atoms with Crippen molar-refractivity contribution in [2.75, 3.05) is 5.73 Å². The predicted octanol–water partition coefficient (Wildman–Crippen LogP) is 3.62. The van der Waals surface area contributed by atoms with E-state index in [-0.39, 0.29) is 17.5 Å². The number of H-pyrrole nitrogens is 1. The molecule has 0 spiro atoms. The molecule has 27 heavy (non-hydrogen) atoms. The fourth-order valence-corrected chi connectivity index (χ4v) is 3.50. The van der Waals surface area contributed by atoms with Crippen molar-refractivity contribution in [1.29, 1.82) is 0 Å². The van der Waals surface area contributed by atoms with Crippen LogP contribution in [0.25, 0.3) is 33.5 Å². The molecule has 0 aliphatic carbocycles. The summed E-state index contributed by atoms with van der Waals surface area (Å²) in [4.78, 5) is 20.1. The summed E-state index contributed by atoms with van der Waals surface area (Å²) in [5.41, 5.74) is 10.6. The number of hydrogen-bond donors (Lipinski definition) is 2. The Labute approximate surface area is 155 Å². The third kappa shape index (κ3) is 2.71. The van der Waals surface area contributed by atoms with Crippen LogP contribution in [-0.2, 0) is 13.1 Å². The first-order valence-electron chi connectivity index (χ1n) is 8.88. The van der Waals surface area contributed by atoms with Crippen molar-refractivity contribution in [3.8, 4) is 22.5 Å². The highest BCUT2D eigenvalue weighted by molar-refractivity contribution is 5.86. The van der Waals surface area contributed by atoms with Gasteiger partial charge in [0.25, 0.3) is 0 Å². The highest BCUT2D eigenvalue weighted by Crippen LogP contribution is 2.32. The van der Waals surface area contributed by atoms with Crippen LogP contribution < -0.4 is 11.4 Å². The zero-order valence-corrected chi connectivity index (χ0v) is 15.2. The molecule has 0 saturated heterocycles. The molecule has 138 valence electrons. The Morgan fingerprint density at radius 2 is 1.63 bits per heavy atom. The Morgan fingerprint density at radius 1 is 1.00 bits per heavy atom. The number of nitrogen functional groups attached to an aromatic ring is 1. The standard InChI is InChI=1S/C20H20FN5O/c1-3-25-15-10-7-13(11-16(15)26(4-2)20(25)27)18-17(23-19(22)24-18)12-5-8-14(21)9-6-12/h5-11H,3-4H2,1-2H3,(H3,22,23,24). The first-order chi connectivity index (χ1) is 13.0. The molecule has 2 heterocycles. The van der Waals surface area contributed by atoms with Gasteiger partial charge in [-0.1, -0.05) is 6.07 Å². The minimum absolute atomic E-state index is 0.0209.